The first-order chi connectivity index (χ1) is 10.8. The van der Waals surface area contributed by atoms with Gasteiger partial charge >= 0.3 is 0 Å². The van der Waals surface area contributed by atoms with Crippen molar-refractivity contribution in [3.8, 4) is 0 Å². The first-order valence-electron chi connectivity index (χ1n) is 8.57. The fourth-order valence-corrected chi connectivity index (χ4v) is 3.36. The van der Waals surface area contributed by atoms with Gasteiger partial charge in [0.2, 0.25) is 5.91 Å². The maximum absolute atomic E-state index is 13.0. The Morgan fingerprint density at radius 2 is 2.00 bits per heavy atom. The van der Waals surface area contributed by atoms with E-state index in [9.17, 15) is 9.90 Å². The Hall–Kier alpha value is -1.55. The molecular weight excluding hydrogens is 288 g/mol. The second-order valence-corrected chi connectivity index (χ2v) is 7.46. The first-order valence-corrected chi connectivity index (χ1v) is 8.57. The number of likely N-dealkylation sites (tertiary alicyclic amines) is 1. The highest BCUT2D eigenvalue weighted by molar-refractivity contribution is 5.88. The molecule has 23 heavy (non-hydrogen) atoms. The number of rotatable bonds is 5. The average molecular weight is 318 g/mol. The molecule has 0 aliphatic carbocycles. The fraction of sp³-hybridized carbons (Fsp3) is 0.632. The molecule has 4 heteroatoms. The summed E-state index contributed by atoms with van der Waals surface area (Å²) in [5, 5.41) is 13.1. The van der Waals surface area contributed by atoms with Crippen molar-refractivity contribution in [1.29, 1.82) is 0 Å². The molecule has 4 nitrogen and oxygen atoms in total. The molecule has 128 valence electrons. The summed E-state index contributed by atoms with van der Waals surface area (Å²) in [6.07, 6.45) is 2.86. The molecule has 1 heterocycles. The van der Waals surface area contributed by atoms with Crippen molar-refractivity contribution >= 4 is 11.6 Å². The molecular formula is C19H30N2O2. The van der Waals surface area contributed by atoms with E-state index in [2.05, 4.69) is 12.2 Å². The molecule has 2 rings (SSSR count). The lowest BCUT2D eigenvalue weighted by Crippen LogP contribution is -2.55. The van der Waals surface area contributed by atoms with E-state index in [4.69, 9.17) is 0 Å². The number of carbonyl (C=O) groups is 1. The number of benzene rings is 1. The van der Waals surface area contributed by atoms with Crippen LogP contribution in [0.3, 0.4) is 0 Å². The highest BCUT2D eigenvalue weighted by Crippen LogP contribution is 2.34. The molecule has 0 spiro atoms. The molecule has 1 atom stereocenters. The van der Waals surface area contributed by atoms with Gasteiger partial charge in [0.15, 0.2) is 0 Å². The predicted octanol–water partition coefficient (Wildman–Crippen LogP) is 3.20. The van der Waals surface area contributed by atoms with Crippen molar-refractivity contribution in [2.24, 2.45) is 5.41 Å². The van der Waals surface area contributed by atoms with Crippen molar-refractivity contribution in [3.05, 3.63) is 29.8 Å². The maximum atomic E-state index is 13.0. The Morgan fingerprint density at radius 1 is 1.35 bits per heavy atom. The van der Waals surface area contributed by atoms with E-state index in [0.717, 1.165) is 31.5 Å². The molecule has 0 bridgehead atoms. The first kappa shape index (κ1) is 17.8. The standard InChI is InChI=1S/C19H30N2O2/c1-5-19(14-22)11-6-12-21(13-19)17(23)18(3,4)20-16-9-7-15(2)8-10-16/h7-10,20,22H,5-6,11-14H2,1-4H3. The van der Waals surface area contributed by atoms with Gasteiger partial charge in [0.25, 0.3) is 0 Å². The van der Waals surface area contributed by atoms with Crippen molar-refractivity contribution in [3.63, 3.8) is 0 Å². The van der Waals surface area contributed by atoms with E-state index in [1.807, 2.05) is 49.9 Å². The van der Waals surface area contributed by atoms with Gasteiger partial charge in [0.1, 0.15) is 5.54 Å². The Bertz CT molecular complexity index is 533. The van der Waals surface area contributed by atoms with Gasteiger partial charge < -0.3 is 15.3 Å². The Kier molecular flexibility index (Phi) is 5.35. The van der Waals surface area contributed by atoms with Gasteiger partial charge in [0.05, 0.1) is 6.61 Å². The van der Waals surface area contributed by atoms with Gasteiger partial charge in [-0.3, -0.25) is 4.79 Å². The summed E-state index contributed by atoms with van der Waals surface area (Å²) in [6.45, 7) is 9.58. The number of hydrogen-bond donors (Lipinski definition) is 2. The summed E-state index contributed by atoms with van der Waals surface area (Å²) in [5.74, 6) is 0.101. The van der Waals surface area contributed by atoms with E-state index in [0.29, 0.717) is 6.54 Å². The number of aliphatic hydroxyl groups is 1. The smallest absolute Gasteiger partial charge is 0.247 e. The van der Waals surface area contributed by atoms with Crippen LogP contribution < -0.4 is 5.32 Å². The van der Waals surface area contributed by atoms with Crippen LogP contribution in [0, 0.1) is 12.3 Å². The Labute approximate surface area is 139 Å². The molecule has 0 aromatic heterocycles. The quantitative estimate of drug-likeness (QED) is 0.876. The molecule has 1 amide bonds. The molecule has 1 unspecified atom stereocenters. The SMILES string of the molecule is CCC1(CO)CCCN(C(=O)C(C)(C)Nc2ccc(C)cc2)C1. The number of piperidine rings is 1. The third-order valence-electron chi connectivity index (χ3n) is 5.08. The van der Waals surface area contributed by atoms with E-state index in [1.54, 1.807) is 0 Å². The number of aryl methyl sites for hydroxylation is 1. The van der Waals surface area contributed by atoms with Gasteiger partial charge in [-0.05, 0) is 52.2 Å². The summed E-state index contributed by atoms with van der Waals surface area (Å²) in [7, 11) is 0. The summed E-state index contributed by atoms with van der Waals surface area (Å²) in [6, 6.07) is 8.09. The van der Waals surface area contributed by atoms with Gasteiger partial charge in [0, 0.05) is 24.2 Å². The van der Waals surface area contributed by atoms with Gasteiger partial charge in [-0.1, -0.05) is 24.6 Å². The minimum absolute atomic E-state index is 0.101. The highest BCUT2D eigenvalue weighted by Gasteiger charge is 2.39. The molecule has 1 aromatic carbocycles. The van der Waals surface area contributed by atoms with Crippen LogP contribution in [0.25, 0.3) is 0 Å². The van der Waals surface area contributed by atoms with Gasteiger partial charge in [-0.15, -0.1) is 0 Å². The molecule has 2 N–H and O–H groups in total. The zero-order valence-corrected chi connectivity index (χ0v) is 14.9. The largest absolute Gasteiger partial charge is 0.396 e. The second-order valence-electron chi connectivity index (χ2n) is 7.46. The van der Waals surface area contributed by atoms with Crippen molar-refractivity contribution in [1.82, 2.24) is 4.90 Å². The van der Waals surface area contributed by atoms with E-state index in [1.165, 1.54) is 5.56 Å². The highest BCUT2D eigenvalue weighted by atomic mass is 16.3. The van der Waals surface area contributed by atoms with Gasteiger partial charge in [-0.25, -0.2) is 0 Å². The van der Waals surface area contributed by atoms with Crippen LogP contribution in [-0.4, -0.2) is 41.1 Å². The number of nitrogens with zero attached hydrogens (tertiary/aromatic N) is 1. The molecule has 1 saturated heterocycles. The van der Waals surface area contributed by atoms with Crippen LogP contribution in [0.1, 0.15) is 45.6 Å². The van der Waals surface area contributed by atoms with Crippen molar-refractivity contribution in [2.45, 2.75) is 52.5 Å². The molecule has 1 aliphatic heterocycles. The summed E-state index contributed by atoms with van der Waals surface area (Å²) >= 11 is 0. The predicted molar refractivity (Wildman–Crippen MR) is 94.5 cm³/mol. The Balaban J connectivity index is 2.09. The van der Waals surface area contributed by atoms with Crippen LogP contribution in [-0.2, 0) is 4.79 Å². The number of amides is 1. The topological polar surface area (TPSA) is 52.6 Å². The molecule has 1 fully saturated rings. The Morgan fingerprint density at radius 3 is 2.57 bits per heavy atom. The lowest BCUT2D eigenvalue weighted by atomic mass is 9.78. The van der Waals surface area contributed by atoms with E-state index >= 15 is 0 Å². The van der Waals surface area contributed by atoms with Crippen LogP contribution in [0.2, 0.25) is 0 Å². The fourth-order valence-electron chi connectivity index (χ4n) is 3.36. The van der Waals surface area contributed by atoms with Crippen LogP contribution in [0.5, 0.6) is 0 Å². The molecule has 1 aliphatic rings. The lowest BCUT2D eigenvalue weighted by Gasteiger charge is -2.44. The third kappa shape index (κ3) is 4.05. The van der Waals surface area contributed by atoms with E-state index < -0.39 is 5.54 Å². The minimum Gasteiger partial charge on any atom is -0.396 e. The molecule has 0 radical (unpaired) electrons. The molecule has 1 aromatic rings. The monoisotopic (exact) mass is 318 g/mol. The van der Waals surface area contributed by atoms with Crippen LogP contribution in [0.15, 0.2) is 24.3 Å². The van der Waals surface area contributed by atoms with Crippen LogP contribution >= 0.6 is 0 Å². The summed E-state index contributed by atoms with van der Waals surface area (Å²) in [5.41, 5.74) is 1.36. The van der Waals surface area contributed by atoms with E-state index in [-0.39, 0.29) is 17.9 Å². The zero-order valence-electron chi connectivity index (χ0n) is 14.9. The van der Waals surface area contributed by atoms with Gasteiger partial charge in [-0.2, -0.15) is 0 Å². The number of anilines is 1. The van der Waals surface area contributed by atoms with Crippen LogP contribution in [0.4, 0.5) is 5.69 Å². The number of aliphatic hydroxyl groups excluding tert-OH is 1. The average Bonchev–Trinajstić information content (AvgIpc) is 2.56. The maximum Gasteiger partial charge on any atom is 0.247 e. The number of nitrogens with one attached hydrogen (secondary N) is 1. The number of hydrogen-bond acceptors (Lipinski definition) is 3. The van der Waals surface area contributed by atoms with Crippen molar-refractivity contribution in [2.75, 3.05) is 25.0 Å². The van der Waals surface area contributed by atoms with Crippen molar-refractivity contribution < 1.29 is 9.90 Å². The second kappa shape index (κ2) is 6.91. The zero-order chi connectivity index (χ0) is 17.1. The minimum atomic E-state index is -0.665. The normalized spacial score (nSPS) is 22.0. The summed E-state index contributed by atoms with van der Waals surface area (Å²) in [4.78, 5) is 14.9. The lowest BCUT2D eigenvalue weighted by molar-refractivity contribution is -0.139. The summed E-state index contributed by atoms with van der Waals surface area (Å²) < 4.78 is 0. The number of carbonyl (C=O) groups excluding carboxylic acids is 1. The molecule has 0 saturated carbocycles. The third-order valence-corrected chi connectivity index (χ3v) is 5.08.